The molecular weight excluding hydrogens is 154 g/mol. The number of rotatable bonds is 2. The van der Waals surface area contributed by atoms with E-state index in [1.54, 1.807) is 0 Å². The molecule has 1 aliphatic rings. The quantitative estimate of drug-likeness (QED) is 0.651. The summed E-state index contributed by atoms with van der Waals surface area (Å²) in [7, 11) is 0. The van der Waals surface area contributed by atoms with E-state index in [2.05, 4.69) is 26.1 Å². The van der Waals surface area contributed by atoms with E-state index in [1.807, 2.05) is 0 Å². The van der Waals surface area contributed by atoms with Gasteiger partial charge in [0.25, 0.3) is 0 Å². The van der Waals surface area contributed by atoms with Gasteiger partial charge in [0, 0.05) is 18.6 Å². The smallest absolute Gasteiger partial charge is 0.111 e. The highest BCUT2D eigenvalue weighted by molar-refractivity contribution is 4.85. The van der Waals surface area contributed by atoms with Gasteiger partial charge >= 0.3 is 0 Å². The van der Waals surface area contributed by atoms with E-state index < -0.39 is 0 Å². The van der Waals surface area contributed by atoms with Gasteiger partial charge in [-0.15, -0.1) is 0 Å². The van der Waals surface area contributed by atoms with Gasteiger partial charge in [0.15, 0.2) is 0 Å². The number of nitrogens with one attached hydrogen (secondary N) is 1. The minimum Gasteiger partial charge on any atom is -0.396 e. The molecule has 1 fully saturated rings. The minimum absolute atomic E-state index is 0.0220. The topological polar surface area (TPSA) is 41.5 Å². The van der Waals surface area contributed by atoms with Crippen LogP contribution in [0.15, 0.2) is 0 Å². The molecule has 0 saturated carbocycles. The van der Waals surface area contributed by atoms with E-state index in [-0.39, 0.29) is 24.5 Å². The Bertz CT molecular complexity index is 147. The number of aliphatic hydroxyl groups excluding tert-OH is 1. The van der Waals surface area contributed by atoms with E-state index in [1.165, 1.54) is 0 Å². The number of hydrogen-bond acceptors (Lipinski definition) is 3. The molecule has 2 atom stereocenters. The monoisotopic (exact) mass is 173 g/mol. The molecule has 72 valence electrons. The van der Waals surface area contributed by atoms with Crippen LogP contribution in [0.2, 0.25) is 0 Å². The molecule has 2 unspecified atom stereocenters. The fourth-order valence-electron chi connectivity index (χ4n) is 1.83. The van der Waals surface area contributed by atoms with Crippen molar-refractivity contribution in [1.82, 2.24) is 5.32 Å². The number of aliphatic hydroxyl groups is 1. The molecule has 1 heterocycles. The maximum absolute atomic E-state index is 8.75. The van der Waals surface area contributed by atoms with E-state index in [0.717, 1.165) is 6.42 Å². The minimum atomic E-state index is 0.0220. The van der Waals surface area contributed by atoms with Crippen molar-refractivity contribution in [3.63, 3.8) is 0 Å². The van der Waals surface area contributed by atoms with Crippen LogP contribution in [-0.2, 0) is 4.74 Å². The predicted octanol–water partition coefficient (Wildman–Crippen LogP) is 0.872. The summed E-state index contributed by atoms with van der Waals surface area (Å²) in [5.41, 5.74) is 0.136. The van der Waals surface area contributed by atoms with Crippen LogP contribution in [0.3, 0.4) is 0 Å². The maximum atomic E-state index is 8.75. The fraction of sp³-hybridized carbons (Fsp3) is 1.00. The van der Waals surface area contributed by atoms with E-state index in [9.17, 15) is 0 Å². The van der Waals surface area contributed by atoms with Crippen molar-refractivity contribution >= 4 is 0 Å². The lowest BCUT2D eigenvalue weighted by atomic mass is 9.95. The summed E-state index contributed by atoms with van der Waals surface area (Å²) in [4.78, 5) is 0. The van der Waals surface area contributed by atoms with Crippen molar-refractivity contribution in [1.29, 1.82) is 0 Å². The van der Waals surface area contributed by atoms with Crippen molar-refractivity contribution in [3.8, 4) is 0 Å². The third kappa shape index (κ3) is 2.73. The molecule has 1 aliphatic heterocycles. The first-order chi connectivity index (χ1) is 5.53. The van der Waals surface area contributed by atoms with Gasteiger partial charge in [-0.25, -0.2) is 0 Å². The van der Waals surface area contributed by atoms with Gasteiger partial charge in [-0.2, -0.15) is 0 Å². The summed E-state index contributed by atoms with van der Waals surface area (Å²) in [6.45, 7) is 6.58. The van der Waals surface area contributed by atoms with Crippen LogP contribution >= 0.6 is 0 Å². The largest absolute Gasteiger partial charge is 0.396 e. The zero-order valence-electron chi connectivity index (χ0n) is 8.13. The molecule has 0 spiro atoms. The second-order valence-electron chi connectivity index (χ2n) is 4.18. The number of hydrogen-bond donors (Lipinski definition) is 2. The molecule has 0 amide bonds. The van der Waals surface area contributed by atoms with Gasteiger partial charge in [0.05, 0.1) is 6.10 Å². The molecule has 1 saturated heterocycles. The first-order valence-electron chi connectivity index (χ1n) is 4.57. The third-order valence-corrected chi connectivity index (χ3v) is 2.14. The molecule has 0 radical (unpaired) electrons. The van der Waals surface area contributed by atoms with Crippen LogP contribution in [0.5, 0.6) is 0 Å². The lowest BCUT2D eigenvalue weighted by Crippen LogP contribution is -2.54. The standard InChI is InChI=1S/C9H19NO2/c1-7-6-9(2,3)10-8(12-7)4-5-11/h7-8,10-11H,4-6H2,1-3H3. The lowest BCUT2D eigenvalue weighted by Gasteiger charge is -2.40. The van der Waals surface area contributed by atoms with Crippen LogP contribution in [0, 0.1) is 0 Å². The molecule has 3 heteroatoms. The Morgan fingerprint density at radius 1 is 1.58 bits per heavy atom. The van der Waals surface area contributed by atoms with Gasteiger partial charge in [0.1, 0.15) is 6.23 Å². The van der Waals surface area contributed by atoms with Gasteiger partial charge in [-0.1, -0.05) is 0 Å². The van der Waals surface area contributed by atoms with Gasteiger partial charge in [-0.3, -0.25) is 5.32 Å². The Hall–Kier alpha value is -0.120. The van der Waals surface area contributed by atoms with E-state index in [0.29, 0.717) is 6.42 Å². The Morgan fingerprint density at radius 3 is 2.75 bits per heavy atom. The average Bonchev–Trinajstić information content (AvgIpc) is 1.82. The second kappa shape index (κ2) is 3.73. The Balaban J connectivity index is 2.46. The lowest BCUT2D eigenvalue weighted by molar-refractivity contribution is -0.0943. The van der Waals surface area contributed by atoms with Gasteiger partial charge in [0.2, 0.25) is 0 Å². The average molecular weight is 173 g/mol. The molecule has 0 aromatic carbocycles. The summed E-state index contributed by atoms with van der Waals surface area (Å²) < 4.78 is 5.59. The van der Waals surface area contributed by atoms with Crippen LogP contribution in [-0.4, -0.2) is 29.6 Å². The first kappa shape index (κ1) is 9.96. The van der Waals surface area contributed by atoms with Gasteiger partial charge in [-0.05, 0) is 27.2 Å². The molecule has 0 aromatic heterocycles. The van der Waals surface area contributed by atoms with Crippen LogP contribution in [0.4, 0.5) is 0 Å². The zero-order valence-corrected chi connectivity index (χ0v) is 8.13. The zero-order chi connectivity index (χ0) is 9.19. The summed E-state index contributed by atoms with van der Waals surface area (Å²) >= 11 is 0. The van der Waals surface area contributed by atoms with E-state index in [4.69, 9.17) is 9.84 Å². The normalized spacial score (nSPS) is 35.0. The highest BCUT2D eigenvalue weighted by atomic mass is 16.5. The van der Waals surface area contributed by atoms with Crippen molar-refractivity contribution in [2.24, 2.45) is 0 Å². The highest BCUT2D eigenvalue weighted by Crippen LogP contribution is 2.21. The molecule has 0 aliphatic carbocycles. The summed E-state index contributed by atoms with van der Waals surface area (Å²) in [6, 6.07) is 0. The molecule has 2 N–H and O–H groups in total. The van der Waals surface area contributed by atoms with Crippen LogP contribution in [0.1, 0.15) is 33.6 Å². The maximum Gasteiger partial charge on any atom is 0.111 e. The highest BCUT2D eigenvalue weighted by Gasteiger charge is 2.31. The fourth-order valence-corrected chi connectivity index (χ4v) is 1.83. The van der Waals surface area contributed by atoms with Crippen molar-refractivity contribution in [2.45, 2.75) is 51.5 Å². The molecule has 12 heavy (non-hydrogen) atoms. The summed E-state index contributed by atoms with van der Waals surface area (Å²) in [5, 5.41) is 12.1. The molecular formula is C9H19NO2. The van der Waals surface area contributed by atoms with Crippen molar-refractivity contribution in [3.05, 3.63) is 0 Å². The van der Waals surface area contributed by atoms with Crippen LogP contribution < -0.4 is 5.32 Å². The number of ether oxygens (including phenoxy) is 1. The van der Waals surface area contributed by atoms with Crippen molar-refractivity contribution in [2.75, 3.05) is 6.61 Å². The summed E-state index contributed by atoms with van der Waals surface area (Å²) in [6.07, 6.45) is 2.01. The molecule has 1 rings (SSSR count). The summed E-state index contributed by atoms with van der Waals surface area (Å²) in [5.74, 6) is 0. The Labute approximate surface area is 74.1 Å². The predicted molar refractivity (Wildman–Crippen MR) is 47.9 cm³/mol. The van der Waals surface area contributed by atoms with Crippen LogP contribution in [0.25, 0.3) is 0 Å². The van der Waals surface area contributed by atoms with Gasteiger partial charge < -0.3 is 9.84 Å². The molecule has 3 nitrogen and oxygen atoms in total. The third-order valence-electron chi connectivity index (χ3n) is 2.14. The molecule has 0 bridgehead atoms. The van der Waals surface area contributed by atoms with Crippen molar-refractivity contribution < 1.29 is 9.84 Å². The second-order valence-corrected chi connectivity index (χ2v) is 4.18. The Kier molecular flexibility index (Phi) is 3.09. The SMILES string of the molecule is CC1CC(C)(C)NC(CCO)O1. The Morgan fingerprint density at radius 2 is 2.25 bits per heavy atom. The molecule has 0 aromatic rings. The van der Waals surface area contributed by atoms with E-state index >= 15 is 0 Å². The first-order valence-corrected chi connectivity index (χ1v) is 4.57.